The molecule has 1 unspecified atom stereocenters. The van der Waals surface area contributed by atoms with Crippen LogP contribution in [0.4, 0.5) is 5.69 Å². The van der Waals surface area contributed by atoms with E-state index in [0.29, 0.717) is 12.1 Å². The van der Waals surface area contributed by atoms with Gasteiger partial charge >= 0.3 is 0 Å². The number of fused-ring (bicyclic) bond motifs is 3. The molecular weight excluding hydrogens is 342 g/mol. The molecule has 3 nitrogen and oxygen atoms in total. The Kier molecular flexibility index (Phi) is 4.62. The summed E-state index contributed by atoms with van der Waals surface area (Å²) in [6, 6.07) is 16.7. The van der Waals surface area contributed by atoms with Gasteiger partial charge in [-0.05, 0) is 50.3 Å². The van der Waals surface area contributed by atoms with Gasteiger partial charge in [0.15, 0.2) is 0 Å². The second-order valence-electron chi connectivity index (χ2n) is 8.78. The summed E-state index contributed by atoms with van der Waals surface area (Å²) in [6.07, 6.45) is 9.95. The summed E-state index contributed by atoms with van der Waals surface area (Å²) < 4.78 is 2.61. The number of hydrogen-bond acceptors (Lipinski definition) is 2. The monoisotopic (exact) mass is 373 g/mol. The van der Waals surface area contributed by atoms with Crippen LogP contribution >= 0.6 is 0 Å². The summed E-state index contributed by atoms with van der Waals surface area (Å²) in [5.41, 5.74) is 6.81. The summed E-state index contributed by atoms with van der Waals surface area (Å²) in [7, 11) is 2.23. The van der Waals surface area contributed by atoms with Crippen LogP contribution in [0.5, 0.6) is 0 Å². The maximum absolute atomic E-state index is 5.29. The Labute approximate surface area is 168 Å². The molecule has 5 rings (SSSR count). The van der Waals surface area contributed by atoms with Crippen LogP contribution in [-0.2, 0) is 12.8 Å². The summed E-state index contributed by atoms with van der Waals surface area (Å²) in [4.78, 5) is 7.73. The third kappa shape index (κ3) is 3.01. The molecule has 1 aliphatic carbocycles. The molecule has 3 heteroatoms. The lowest BCUT2D eigenvalue weighted by molar-refractivity contribution is 0.353. The molecule has 0 saturated heterocycles. The number of imidazole rings is 1. The van der Waals surface area contributed by atoms with E-state index in [1.54, 1.807) is 0 Å². The van der Waals surface area contributed by atoms with Crippen molar-refractivity contribution in [1.29, 1.82) is 0 Å². The highest BCUT2D eigenvalue weighted by Gasteiger charge is 2.27. The fourth-order valence-electron chi connectivity index (χ4n) is 5.27. The van der Waals surface area contributed by atoms with Gasteiger partial charge in [0.25, 0.3) is 0 Å². The van der Waals surface area contributed by atoms with E-state index in [9.17, 15) is 0 Å². The molecule has 28 heavy (non-hydrogen) atoms. The van der Waals surface area contributed by atoms with Gasteiger partial charge in [-0.15, -0.1) is 0 Å². The highest BCUT2D eigenvalue weighted by atomic mass is 15.2. The second kappa shape index (κ2) is 7.27. The topological polar surface area (TPSA) is 21.1 Å². The molecule has 1 saturated carbocycles. The first kappa shape index (κ1) is 17.8. The number of nitrogens with zero attached hydrogens (tertiary/aromatic N) is 3. The van der Waals surface area contributed by atoms with Crippen LogP contribution in [0.1, 0.15) is 68.4 Å². The number of rotatable bonds is 3. The zero-order valence-electron chi connectivity index (χ0n) is 17.2. The highest BCUT2D eigenvalue weighted by molar-refractivity contribution is 5.86. The van der Waals surface area contributed by atoms with E-state index < -0.39 is 0 Å². The fraction of sp³-hybridized carbons (Fsp3) is 0.480. The predicted molar refractivity (Wildman–Crippen MR) is 117 cm³/mol. The van der Waals surface area contributed by atoms with Gasteiger partial charge in [-0.1, -0.05) is 49.6 Å². The van der Waals surface area contributed by atoms with Gasteiger partial charge in [-0.2, -0.15) is 0 Å². The largest absolute Gasteiger partial charge is 0.372 e. The van der Waals surface area contributed by atoms with Gasteiger partial charge in [0.05, 0.1) is 11.0 Å². The third-order valence-corrected chi connectivity index (χ3v) is 7.01. The van der Waals surface area contributed by atoms with Crippen LogP contribution in [0.15, 0.2) is 42.5 Å². The van der Waals surface area contributed by atoms with Gasteiger partial charge in [0.2, 0.25) is 0 Å². The third-order valence-electron chi connectivity index (χ3n) is 7.01. The summed E-state index contributed by atoms with van der Waals surface area (Å²) in [5.74, 6) is 1.25. The molecule has 1 atom stereocenters. The molecule has 3 aromatic rings. The normalized spacial score (nSPS) is 20.5. The average molecular weight is 374 g/mol. The van der Waals surface area contributed by atoms with Gasteiger partial charge in [-0.3, -0.25) is 0 Å². The van der Waals surface area contributed by atoms with Crippen molar-refractivity contribution in [2.45, 2.75) is 70.4 Å². The maximum Gasteiger partial charge on any atom is 0.114 e. The van der Waals surface area contributed by atoms with Crippen molar-refractivity contribution in [2.24, 2.45) is 0 Å². The smallest absolute Gasteiger partial charge is 0.114 e. The lowest BCUT2D eigenvalue weighted by Gasteiger charge is -2.34. The number of anilines is 1. The van der Waals surface area contributed by atoms with E-state index in [2.05, 4.69) is 65.9 Å². The van der Waals surface area contributed by atoms with E-state index in [0.717, 1.165) is 12.8 Å². The van der Waals surface area contributed by atoms with Crippen molar-refractivity contribution >= 4 is 16.7 Å². The Balaban J connectivity index is 1.66. The minimum Gasteiger partial charge on any atom is -0.372 e. The van der Waals surface area contributed by atoms with Crippen molar-refractivity contribution in [3.8, 4) is 0 Å². The molecule has 0 spiro atoms. The van der Waals surface area contributed by atoms with E-state index in [1.165, 1.54) is 72.2 Å². The van der Waals surface area contributed by atoms with Crippen LogP contribution in [-0.4, -0.2) is 22.6 Å². The first-order valence-corrected chi connectivity index (χ1v) is 11.0. The van der Waals surface area contributed by atoms with Gasteiger partial charge < -0.3 is 9.47 Å². The Morgan fingerprint density at radius 2 is 1.75 bits per heavy atom. The molecule has 1 aromatic heterocycles. The lowest BCUT2D eigenvalue weighted by atomic mass is 9.94. The van der Waals surface area contributed by atoms with Gasteiger partial charge in [0.1, 0.15) is 5.82 Å². The van der Waals surface area contributed by atoms with Crippen molar-refractivity contribution in [3.05, 3.63) is 59.4 Å². The molecule has 1 fully saturated rings. The minimum absolute atomic E-state index is 0.606. The van der Waals surface area contributed by atoms with Crippen LogP contribution in [0, 0.1) is 0 Å². The summed E-state index contributed by atoms with van der Waals surface area (Å²) >= 11 is 0. The minimum atomic E-state index is 0.606. The maximum atomic E-state index is 5.29. The molecule has 0 N–H and O–H groups in total. The quantitative estimate of drug-likeness (QED) is 0.569. The Morgan fingerprint density at radius 3 is 2.54 bits per heavy atom. The molecule has 2 heterocycles. The molecule has 0 radical (unpaired) electrons. The van der Waals surface area contributed by atoms with Crippen molar-refractivity contribution in [3.63, 3.8) is 0 Å². The number of hydrogen-bond donors (Lipinski definition) is 0. The molecule has 2 aromatic carbocycles. The number of aryl methyl sites for hydroxylation is 1. The van der Waals surface area contributed by atoms with E-state index >= 15 is 0 Å². The number of aromatic nitrogens is 2. The Hall–Kier alpha value is -2.29. The second-order valence-corrected chi connectivity index (χ2v) is 8.78. The number of benzene rings is 2. The Bertz CT molecular complexity index is 966. The van der Waals surface area contributed by atoms with Crippen molar-refractivity contribution in [1.82, 2.24) is 9.55 Å². The zero-order chi connectivity index (χ0) is 19.1. The summed E-state index contributed by atoms with van der Waals surface area (Å²) in [5, 5.41) is 0. The van der Waals surface area contributed by atoms with Crippen molar-refractivity contribution in [2.75, 3.05) is 11.9 Å². The molecule has 1 aliphatic heterocycles. The van der Waals surface area contributed by atoms with Crippen LogP contribution < -0.4 is 4.90 Å². The van der Waals surface area contributed by atoms with E-state index in [4.69, 9.17) is 4.98 Å². The predicted octanol–water partition coefficient (Wildman–Crippen LogP) is 5.90. The standard InChI is InChI=1S/C25H31N3/c1-18-13-14-21-22(27(18)2)15-16-23-25(21)26-24(17-19-9-5-3-6-10-19)28(23)20-11-7-4-8-12-20/h3,5-6,9-10,15-16,18,20H,4,7-8,11-14,17H2,1-2H3. The van der Waals surface area contributed by atoms with Gasteiger partial charge in [-0.25, -0.2) is 4.98 Å². The van der Waals surface area contributed by atoms with E-state index in [1.807, 2.05) is 0 Å². The summed E-state index contributed by atoms with van der Waals surface area (Å²) in [6.45, 7) is 2.33. The molecule has 2 aliphatic rings. The van der Waals surface area contributed by atoms with Gasteiger partial charge in [0, 0.05) is 36.8 Å². The molecule has 146 valence electrons. The fourth-order valence-corrected chi connectivity index (χ4v) is 5.27. The lowest BCUT2D eigenvalue weighted by Crippen LogP contribution is -2.33. The highest BCUT2D eigenvalue weighted by Crippen LogP contribution is 2.38. The van der Waals surface area contributed by atoms with Crippen LogP contribution in [0.3, 0.4) is 0 Å². The Morgan fingerprint density at radius 1 is 0.964 bits per heavy atom. The van der Waals surface area contributed by atoms with E-state index in [-0.39, 0.29) is 0 Å². The molecular formula is C25H31N3. The molecule has 0 bridgehead atoms. The van der Waals surface area contributed by atoms with Crippen molar-refractivity contribution < 1.29 is 0 Å². The van der Waals surface area contributed by atoms with Crippen LogP contribution in [0.25, 0.3) is 11.0 Å². The average Bonchev–Trinajstić information content (AvgIpc) is 3.10. The first-order chi connectivity index (χ1) is 13.7. The molecule has 0 amide bonds. The zero-order valence-corrected chi connectivity index (χ0v) is 17.2. The first-order valence-electron chi connectivity index (χ1n) is 11.0. The van der Waals surface area contributed by atoms with Crippen LogP contribution in [0.2, 0.25) is 0 Å². The SMILES string of the molecule is CC1CCc2c(ccc3c2nc(Cc2ccccc2)n3C2CCCCC2)N1C.